The maximum Gasteiger partial charge on any atom is 0.190 e. The van der Waals surface area contributed by atoms with Gasteiger partial charge in [0.25, 0.3) is 0 Å². The van der Waals surface area contributed by atoms with Crippen LogP contribution in [0.25, 0.3) is 0 Å². The second-order valence-electron chi connectivity index (χ2n) is 0.493. The smallest absolute Gasteiger partial charge is 0.190 e. The van der Waals surface area contributed by atoms with Crippen LogP contribution in [0, 0.1) is 5.94 Å². The predicted octanol–water partition coefficient (Wildman–Crippen LogP) is 2.01. The van der Waals surface area contributed by atoms with E-state index in [4.69, 9.17) is 0 Å². The van der Waals surface area contributed by atoms with Crippen molar-refractivity contribution < 1.29 is 9.22 Å². The Morgan fingerprint density at radius 2 is 2.50 bits per heavy atom. The summed E-state index contributed by atoms with van der Waals surface area (Å²) in [4.78, 5) is 4.35. The first kappa shape index (κ1) is 5.11. The van der Waals surface area contributed by atoms with Gasteiger partial charge in [-0.3, -0.25) is 0 Å². The Morgan fingerprint density at radius 3 is 2.67 bits per heavy atom. The van der Waals surface area contributed by atoms with Crippen LogP contribution in [0.5, 0.6) is 0 Å². The SMILES string of the molecule is [CH]1OOSSS1. The molecule has 35 valence electrons. The topological polar surface area (TPSA) is 18.5 Å². The highest BCUT2D eigenvalue weighted by atomic mass is 33.5. The summed E-state index contributed by atoms with van der Waals surface area (Å²) in [5, 5.41) is 0. The number of rotatable bonds is 0. The minimum absolute atomic E-state index is 1.22. The number of hydrogen-bond donors (Lipinski definition) is 0. The second-order valence-corrected chi connectivity index (χ2v) is 3.90. The van der Waals surface area contributed by atoms with Crippen molar-refractivity contribution in [3.63, 3.8) is 0 Å². The van der Waals surface area contributed by atoms with E-state index >= 15 is 0 Å². The molecule has 0 aromatic heterocycles. The molecule has 0 atom stereocenters. The van der Waals surface area contributed by atoms with Crippen molar-refractivity contribution in [1.29, 1.82) is 0 Å². The molecule has 1 aliphatic rings. The van der Waals surface area contributed by atoms with Gasteiger partial charge in [-0.1, -0.05) is 0 Å². The van der Waals surface area contributed by atoms with Gasteiger partial charge in [0.2, 0.25) is 0 Å². The summed E-state index contributed by atoms with van der Waals surface area (Å²) < 4.78 is 4.37. The third kappa shape index (κ3) is 1.61. The van der Waals surface area contributed by atoms with Gasteiger partial charge in [0.15, 0.2) is 5.94 Å². The fourth-order valence-corrected chi connectivity index (χ4v) is 1.61. The summed E-state index contributed by atoms with van der Waals surface area (Å²) in [6.45, 7) is 0. The van der Waals surface area contributed by atoms with Gasteiger partial charge in [-0.25, -0.2) is 4.89 Å². The van der Waals surface area contributed by atoms with E-state index < -0.39 is 0 Å². The van der Waals surface area contributed by atoms with Crippen molar-refractivity contribution in [2.75, 3.05) is 0 Å². The van der Waals surface area contributed by atoms with Crippen LogP contribution in [0.15, 0.2) is 0 Å². The second kappa shape index (κ2) is 3.04. The van der Waals surface area contributed by atoms with E-state index in [1.165, 1.54) is 37.6 Å². The normalized spacial score (nSPS) is 24.0. The molecule has 2 nitrogen and oxygen atoms in total. The lowest BCUT2D eigenvalue weighted by Crippen LogP contribution is -1.78. The van der Waals surface area contributed by atoms with E-state index in [9.17, 15) is 0 Å². The average molecular weight is 141 g/mol. The Morgan fingerprint density at radius 1 is 1.50 bits per heavy atom. The van der Waals surface area contributed by atoms with E-state index in [1.807, 2.05) is 0 Å². The quantitative estimate of drug-likeness (QED) is 0.291. The standard InChI is InChI=1S/CHO2S3/c1-2-3-5-6-4-1/h1H. The molecule has 5 heteroatoms. The zero-order valence-corrected chi connectivity index (χ0v) is 5.07. The first-order valence-electron chi connectivity index (χ1n) is 1.14. The molecule has 1 saturated heterocycles. The van der Waals surface area contributed by atoms with E-state index in [2.05, 4.69) is 9.22 Å². The Hall–Kier alpha value is 0.970. The van der Waals surface area contributed by atoms with E-state index in [-0.39, 0.29) is 0 Å². The maximum atomic E-state index is 4.37. The molecule has 6 heavy (non-hydrogen) atoms. The lowest BCUT2D eigenvalue weighted by atomic mass is 11.7. The predicted molar refractivity (Wildman–Crippen MR) is 29.2 cm³/mol. The molecule has 0 aromatic carbocycles. The fourth-order valence-electron chi connectivity index (χ4n) is 0.0915. The summed E-state index contributed by atoms with van der Waals surface area (Å²) in [6, 6.07) is 0. The van der Waals surface area contributed by atoms with Crippen molar-refractivity contribution in [2.24, 2.45) is 0 Å². The Balaban J connectivity index is 2.00. The van der Waals surface area contributed by atoms with E-state index in [0.29, 0.717) is 0 Å². The van der Waals surface area contributed by atoms with Crippen LogP contribution >= 0.6 is 31.7 Å². The molecule has 1 radical (unpaired) electrons. The average Bonchev–Trinajstić information content (AvgIpc) is 1.72. The van der Waals surface area contributed by atoms with Crippen LogP contribution in [0.4, 0.5) is 0 Å². The summed E-state index contributed by atoms with van der Waals surface area (Å²) in [5.41, 5.74) is 0. The zero-order chi connectivity index (χ0) is 4.24. The summed E-state index contributed by atoms with van der Waals surface area (Å²) in [5.74, 6) is 1.53. The molecule has 1 fully saturated rings. The monoisotopic (exact) mass is 141 g/mol. The molecule has 0 aliphatic carbocycles. The van der Waals surface area contributed by atoms with Gasteiger partial charge in [-0.05, 0) is 10.8 Å². The van der Waals surface area contributed by atoms with Crippen LogP contribution < -0.4 is 0 Å². The Kier molecular flexibility index (Phi) is 2.59. The lowest BCUT2D eigenvalue weighted by Gasteiger charge is -2.02. The van der Waals surface area contributed by atoms with Crippen molar-refractivity contribution in [1.82, 2.24) is 0 Å². The van der Waals surface area contributed by atoms with Crippen molar-refractivity contribution in [2.45, 2.75) is 0 Å². The summed E-state index contributed by atoms with van der Waals surface area (Å²) >= 11 is 1.22. The molecule has 0 aromatic rings. The summed E-state index contributed by atoms with van der Waals surface area (Å²) in [7, 11) is 3.03. The van der Waals surface area contributed by atoms with Gasteiger partial charge in [0.05, 0.1) is 0 Å². The van der Waals surface area contributed by atoms with Crippen molar-refractivity contribution in [3.8, 4) is 0 Å². The molecule has 0 spiro atoms. The minimum atomic E-state index is 1.22. The number of hydrogen-bond acceptors (Lipinski definition) is 5. The highest BCUT2D eigenvalue weighted by molar-refractivity contribution is 9.09. The van der Waals surface area contributed by atoms with Gasteiger partial charge in [0, 0.05) is 9.83 Å². The molecule has 0 saturated carbocycles. The maximum absolute atomic E-state index is 4.37. The molecule has 1 heterocycles. The molecule has 0 bridgehead atoms. The van der Waals surface area contributed by atoms with Crippen LogP contribution in [0.1, 0.15) is 0 Å². The Labute approximate surface area is 47.3 Å². The summed E-state index contributed by atoms with van der Waals surface area (Å²) in [6.07, 6.45) is 0. The van der Waals surface area contributed by atoms with E-state index in [0.717, 1.165) is 0 Å². The van der Waals surface area contributed by atoms with Crippen molar-refractivity contribution in [3.05, 3.63) is 5.94 Å². The molecule has 0 unspecified atom stereocenters. The van der Waals surface area contributed by atoms with Crippen LogP contribution in [0.2, 0.25) is 0 Å². The first-order valence-corrected chi connectivity index (χ1v) is 4.61. The highest BCUT2D eigenvalue weighted by Crippen LogP contribution is 2.41. The largest absolute Gasteiger partial charge is 0.204 e. The molecular formula is CHO2S3. The first-order chi connectivity index (χ1) is 3.00. The third-order valence-electron chi connectivity index (χ3n) is 0.213. The lowest BCUT2D eigenvalue weighted by molar-refractivity contribution is -0.139. The van der Waals surface area contributed by atoms with Gasteiger partial charge < -0.3 is 0 Å². The molecule has 1 aliphatic heterocycles. The van der Waals surface area contributed by atoms with Gasteiger partial charge in [-0.15, -0.1) is 4.33 Å². The van der Waals surface area contributed by atoms with Gasteiger partial charge in [0.1, 0.15) is 11.1 Å². The van der Waals surface area contributed by atoms with E-state index in [1.54, 1.807) is 0 Å². The van der Waals surface area contributed by atoms with Crippen molar-refractivity contribution >= 4 is 31.7 Å². The molecule has 0 N–H and O–H groups in total. The minimum Gasteiger partial charge on any atom is -0.204 e. The van der Waals surface area contributed by atoms with Crippen LogP contribution in [-0.2, 0) is 9.22 Å². The Bertz CT molecular complexity index is 24.3. The third-order valence-corrected chi connectivity index (χ3v) is 2.65. The highest BCUT2D eigenvalue weighted by Gasteiger charge is 2.00. The van der Waals surface area contributed by atoms with Gasteiger partial charge >= 0.3 is 0 Å². The fraction of sp³-hybridized carbons (Fsp3) is 0. The van der Waals surface area contributed by atoms with Gasteiger partial charge in [-0.2, -0.15) is 0 Å². The molecule has 1 rings (SSSR count). The van der Waals surface area contributed by atoms with Crippen LogP contribution in [0.3, 0.4) is 0 Å². The molecular weight excluding hydrogens is 140 g/mol. The zero-order valence-electron chi connectivity index (χ0n) is 2.62. The molecule has 0 amide bonds. The van der Waals surface area contributed by atoms with Crippen LogP contribution in [-0.4, -0.2) is 0 Å².